The molecule has 0 aliphatic carbocycles. The van der Waals surface area contributed by atoms with Crippen LogP contribution >= 0.6 is 0 Å². The minimum Gasteiger partial charge on any atom is -0.409 e. The van der Waals surface area contributed by atoms with E-state index in [-0.39, 0.29) is 12.2 Å². The Labute approximate surface area is 222 Å². The molecule has 192 valence electrons. The highest BCUT2D eigenvalue weighted by atomic mass is 16.7. The molecule has 0 radical (unpaired) electrons. The predicted octanol–water partition coefficient (Wildman–Crippen LogP) is 4.98. The molecular weight excluding hydrogens is 474 g/mol. The van der Waals surface area contributed by atoms with Gasteiger partial charge < -0.3 is 14.2 Å². The fourth-order valence-corrected chi connectivity index (χ4v) is 4.10. The van der Waals surface area contributed by atoms with Crippen molar-refractivity contribution in [2.24, 2.45) is 7.05 Å². The van der Waals surface area contributed by atoms with Gasteiger partial charge >= 0.3 is 0 Å². The molecule has 0 amide bonds. The van der Waals surface area contributed by atoms with E-state index < -0.39 is 0 Å². The molecule has 3 heterocycles. The van der Waals surface area contributed by atoms with Crippen molar-refractivity contribution < 1.29 is 9.68 Å². The standard InChI is InChI=1S/C31H31N5O2/c1-6-22(3)37-35-18-16-32-30(35)14-10-24-8-12-28-26(20-24)27-21-25(9-13-29(27)34(28)5)11-15-31-33-17-19-36(31)38-23(4)7-2/h8-9,12-13,16-23H,6-7H2,1-5H3/t22-,23-/m0/s1. The third-order valence-electron chi connectivity index (χ3n) is 6.60. The number of hydrogen-bond acceptors (Lipinski definition) is 4. The fourth-order valence-electron chi connectivity index (χ4n) is 4.10. The molecule has 0 bridgehead atoms. The van der Waals surface area contributed by atoms with Gasteiger partial charge in [-0.3, -0.25) is 0 Å². The van der Waals surface area contributed by atoms with Gasteiger partial charge in [0.1, 0.15) is 12.2 Å². The first-order valence-electron chi connectivity index (χ1n) is 12.9. The molecule has 7 nitrogen and oxygen atoms in total. The maximum absolute atomic E-state index is 5.87. The first-order valence-corrected chi connectivity index (χ1v) is 12.9. The van der Waals surface area contributed by atoms with Gasteiger partial charge in [-0.2, -0.15) is 9.46 Å². The van der Waals surface area contributed by atoms with Crippen molar-refractivity contribution in [1.82, 2.24) is 24.0 Å². The number of benzene rings is 2. The Morgan fingerprint density at radius 3 is 1.58 bits per heavy atom. The smallest absolute Gasteiger partial charge is 0.219 e. The molecule has 0 saturated carbocycles. The summed E-state index contributed by atoms with van der Waals surface area (Å²) in [5.74, 6) is 14.0. The lowest BCUT2D eigenvalue weighted by Crippen LogP contribution is -2.21. The average molecular weight is 506 g/mol. The number of rotatable bonds is 6. The zero-order chi connectivity index (χ0) is 26.6. The van der Waals surface area contributed by atoms with Crippen LogP contribution in [0.3, 0.4) is 0 Å². The molecule has 3 aromatic heterocycles. The molecule has 38 heavy (non-hydrogen) atoms. The Bertz CT molecular complexity index is 1590. The van der Waals surface area contributed by atoms with Crippen LogP contribution < -0.4 is 9.68 Å². The summed E-state index contributed by atoms with van der Waals surface area (Å²) in [4.78, 5) is 20.4. The third kappa shape index (κ3) is 5.10. The highest BCUT2D eigenvalue weighted by Gasteiger charge is 2.10. The van der Waals surface area contributed by atoms with Crippen LogP contribution in [0.25, 0.3) is 21.8 Å². The minimum atomic E-state index is 0.0848. The molecule has 0 saturated heterocycles. The first-order chi connectivity index (χ1) is 18.5. The van der Waals surface area contributed by atoms with Crippen LogP contribution in [0.5, 0.6) is 0 Å². The number of aryl methyl sites for hydroxylation is 1. The second-order valence-electron chi connectivity index (χ2n) is 9.32. The van der Waals surface area contributed by atoms with Crippen molar-refractivity contribution in [2.75, 3.05) is 0 Å². The maximum Gasteiger partial charge on any atom is 0.219 e. The second-order valence-corrected chi connectivity index (χ2v) is 9.32. The quantitative estimate of drug-likeness (QED) is 0.306. The number of imidazole rings is 2. The van der Waals surface area contributed by atoms with Gasteiger partial charge in [0.05, 0.1) is 12.4 Å². The van der Waals surface area contributed by atoms with Crippen LogP contribution in [0.2, 0.25) is 0 Å². The first kappa shape index (κ1) is 25.0. The Hall–Kier alpha value is -4.62. The number of hydrogen-bond donors (Lipinski definition) is 0. The minimum absolute atomic E-state index is 0.0848. The third-order valence-corrected chi connectivity index (χ3v) is 6.60. The summed E-state index contributed by atoms with van der Waals surface area (Å²) < 4.78 is 5.47. The van der Waals surface area contributed by atoms with Gasteiger partial charge in [-0.05, 0) is 74.9 Å². The molecule has 0 fully saturated rings. The van der Waals surface area contributed by atoms with Crippen LogP contribution in [-0.2, 0) is 7.05 Å². The van der Waals surface area contributed by atoms with E-state index >= 15 is 0 Å². The predicted molar refractivity (Wildman–Crippen MR) is 150 cm³/mol. The molecule has 0 N–H and O–H groups in total. The lowest BCUT2D eigenvalue weighted by Gasteiger charge is -2.12. The Balaban J connectivity index is 1.48. The molecule has 7 heteroatoms. The Morgan fingerprint density at radius 1 is 0.711 bits per heavy atom. The van der Waals surface area contributed by atoms with Crippen LogP contribution in [0.4, 0.5) is 0 Å². The lowest BCUT2D eigenvalue weighted by molar-refractivity contribution is 0.0444. The van der Waals surface area contributed by atoms with Crippen LogP contribution in [0, 0.1) is 23.7 Å². The SMILES string of the molecule is CC[C@H](C)On1ccnc1C#Cc1ccc2c(c1)c1cc(C#Cc3nccn3O[C@@H](C)CC)ccc1n2C. The highest BCUT2D eigenvalue weighted by molar-refractivity contribution is 6.08. The number of nitrogens with zero attached hydrogens (tertiary/aromatic N) is 5. The number of aromatic nitrogens is 5. The summed E-state index contributed by atoms with van der Waals surface area (Å²) in [5.41, 5.74) is 4.08. The van der Waals surface area contributed by atoms with Crippen LogP contribution in [0.1, 0.15) is 63.3 Å². The van der Waals surface area contributed by atoms with Gasteiger partial charge in [-0.15, -0.1) is 0 Å². The number of fused-ring (bicyclic) bond motifs is 3. The lowest BCUT2D eigenvalue weighted by atomic mass is 10.1. The van der Waals surface area contributed by atoms with Gasteiger partial charge in [-0.1, -0.05) is 25.7 Å². The Morgan fingerprint density at radius 2 is 1.16 bits per heavy atom. The van der Waals surface area contributed by atoms with Crippen molar-refractivity contribution in [3.63, 3.8) is 0 Å². The Kier molecular flexibility index (Phi) is 7.11. The largest absolute Gasteiger partial charge is 0.409 e. The second kappa shape index (κ2) is 10.8. The van der Waals surface area contributed by atoms with Gasteiger partial charge in [0.2, 0.25) is 11.6 Å². The van der Waals surface area contributed by atoms with E-state index in [0.29, 0.717) is 11.6 Å². The van der Waals surface area contributed by atoms with E-state index in [4.69, 9.17) is 9.68 Å². The normalized spacial score (nSPS) is 12.4. The highest BCUT2D eigenvalue weighted by Crippen LogP contribution is 2.29. The zero-order valence-corrected chi connectivity index (χ0v) is 22.4. The monoisotopic (exact) mass is 505 g/mol. The molecule has 2 aromatic carbocycles. The summed E-state index contributed by atoms with van der Waals surface area (Å²) in [6.45, 7) is 8.22. The molecule has 0 unspecified atom stereocenters. The van der Waals surface area contributed by atoms with Crippen molar-refractivity contribution in [1.29, 1.82) is 0 Å². The summed E-state index contributed by atoms with van der Waals surface area (Å²) >= 11 is 0. The summed E-state index contributed by atoms with van der Waals surface area (Å²) in [5, 5.41) is 2.25. The van der Waals surface area contributed by atoms with Gasteiger partial charge in [0.25, 0.3) is 0 Å². The van der Waals surface area contributed by atoms with E-state index in [1.165, 1.54) is 0 Å². The maximum atomic E-state index is 5.87. The van der Waals surface area contributed by atoms with Crippen molar-refractivity contribution in [3.8, 4) is 23.7 Å². The van der Waals surface area contributed by atoms with Gasteiger partial charge in [-0.25, -0.2) is 9.97 Å². The summed E-state index contributed by atoms with van der Waals surface area (Å²) in [6, 6.07) is 12.5. The fraction of sp³-hybridized carbons (Fsp3) is 0.290. The summed E-state index contributed by atoms with van der Waals surface area (Å²) in [6.07, 6.45) is 8.96. The average Bonchev–Trinajstić information content (AvgIpc) is 3.64. The molecule has 2 atom stereocenters. The van der Waals surface area contributed by atoms with E-state index in [1.54, 1.807) is 34.2 Å². The van der Waals surface area contributed by atoms with Gasteiger partial charge in [0, 0.05) is 52.4 Å². The topological polar surface area (TPSA) is 59.0 Å². The summed E-state index contributed by atoms with van der Waals surface area (Å²) in [7, 11) is 2.08. The molecule has 5 rings (SSSR count). The molecular formula is C31H31N5O2. The molecule has 0 aliphatic rings. The van der Waals surface area contributed by atoms with E-state index in [0.717, 1.165) is 45.8 Å². The molecule has 0 aliphatic heterocycles. The zero-order valence-electron chi connectivity index (χ0n) is 22.4. The van der Waals surface area contributed by atoms with Crippen molar-refractivity contribution in [2.45, 2.75) is 52.7 Å². The van der Waals surface area contributed by atoms with Crippen molar-refractivity contribution >= 4 is 21.8 Å². The molecule has 5 aromatic rings. The van der Waals surface area contributed by atoms with Crippen molar-refractivity contribution in [3.05, 3.63) is 84.0 Å². The van der Waals surface area contributed by atoms with E-state index in [9.17, 15) is 0 Å². The molecule has 0 spiro atoms. The van der Waals surface area contributed by atoms with E-state index in [2.05, 4.69) is 83.4 Å². The van der Waals surface area contributed by atoms with E-state index in [1.807, 2.05) is 26.0 Å². The van der Waals surface area contributed by atoms with Crippen LogP contribution in [-0.4, -0.2) is 36.2 Å². The van der Waals surface area contributed by atoms with Gasteiger partial charge in [0.15, 0.2) is 0 Å². The van der Waals surface area contributed by atoms with Crippen LogP contribution in [0.15, 0.2) is 61.2 Å².